The fourth-order valence-corrected chi connectivity index (χ4v) is 1.59. The molecule has 3 N–H and O–H groups in total. The Bertz CT molecular complexity index is 599. The highest BCUT2D eigenvalue weighted by atomic mass is 19.1. The van der Waals surface area contributed by atoms with E-state index in [1.807, 2.05) is 0 Å². The molecule has 0 atom stereocenters. The predicted molar refractivity (Wildman–Crippen MR) is 63.7 cm³/mol. The molecule has 1 amide bonds. The number of amides is 1. The number of aromatic hydroxyl groups is 1. The van der Waals surface area contributed by atoms with Gasteiger partial charge in [-0.1, -0.05) is 18.2 Å². The van der Waals surface area contributed by atoms with E-state index < -0.39 is 11.9 Å². The lowest BCUT2D eigenvalue weighted by molar-refractivity contribution is 0.211. The van der Waals surface area contributed by atoms with Crippen LogP contribution in [-0.2, 0) is 0 Å². The quantitative estimate of drug-likeness (QED) is 0.856. The zero-order valence-corrected chi connectivity index (χ0v) is 9.26. The van der Waals surface area contributed by atoms with Gasteiger partial charge >= 0.3 is 6.09 Å². The molecule has 18 heavy (non-hydrogen) atoms. The Kier molecular flexibility index (Phi) is 3.14. The van der Waals surface area contributed by atoms with Gasteiger partial charge in [0.05, 0.1) is 0 Å². The average molecular weight is 247 g/mol. The van der Waals surface area contributed by atoms with Crippen LogP contribution in [0.2, 0.25) is 0 Å². The molecule has 0 spiro atoms. The summed E-state index contributed by atoms with van der Waals surface area (Å²) in [6.07, 6.45) is -0.982. The third-order valence-electron chi connectivity index (χ3n) is 2.35. The molecule has 0 fully saturated rings. The molecule has 0 saturated heterocycles. The maximum atomic E-state index is 13.7. The number of hydrogen-bond donors (Lipinski definition) is 2. The number of rotatable bonds is 2. The first-order valence-electron chi connectivity index (χ1n) is 5.13. The van der Waals surface area contributed by atoms with Gasteiger partial charge in [0.2, 0.25) is 0 Å². The van der Waals surface area contributed by atoms with Gasteiger partial charge < -0.3 is 15.6 Å². The Hall–Kier alpha value is -2.56. The molecule has 0 aromatic heterocycles. The SMILES string of the molecule is NC(=O)Oc1ccc(F)c(-c2ccccc2O)c1. The van der Waals surface area contributed by atoms with Gasteiger partial charge in [-0.3, -0.25) is 0 Å². The van der Waals surface area contributed by atoms with Crippen LogP contribution in [0.5, 0.6) is 11.5 Å². The maximum Gasteiger partial charge on any atom is 0.409 e. The van der Waals surface area contributed by atoms with E-state index in [1.54, 1.807) is 18.2 Å². The van der Waals surface area contributed by atoms with Crippen molar-refractivity contribution in [2.24, 2.45) is 5.73 Å². The first-order valence-corrected chi connectivity index (χ1v) is 5.13. The molecule has 0 aliphatic carbocycles. The van der Waals surface area contributed by atoms with Crippen molar-refractivity contribution in [3.05, 3.63) is 48.3 Å². The van der Waals surface area contributed by atoms with Gasteiger partial charge in [-0.2, -0.15) is 0 Å². The van der Waals surface area contributed by atoms with E-state index >= 15 is 0 Å². The van der Waals surface area contributed by atoms with E-state index in [2.05, 4.69) is 4.74 Å². The van der Waals surface area contributed by atoms with Crippen LogP contribution < -0.4 is 10.5 Å². The third-order valence-corrected chi connectivity index (χ3v) is 2.35. The first-order chi connectivity index (χ1) is 8.58. The van der Waals surface area contributed by atoms with Gasteiger partial charge in [0.25, 0.3) is 0 Å². The summed E-state index contributed by atoms with van der Waals surface area (Å²) in [6.45, 7) is 0. The normalized spacial score (nSPS) is 10.1. The van der Waals surface area contributed by atoms with Crippen molar-refractivity contribution < 1.29 is 19.0 Å². The summed E-state index contributed by atoms with van der Waals surface area (Å²) in [6, 6.07) is 10.0. The Morgan fingerprint density at radius 1 is 1.17 bits per heavy atom. The molecule has 92 valence electrons. The predicted octanol–water partition coefficient (Wildman–Crippen LogP) is 2.66. The van der Waals surface area contributed by atoms with Crippen LogP contribution in [0, 0.1) is 5.82 Å². The van der Waals surface area contributed by atoms with Gasteiger partial charge in [-0.25, -0.2) is 9.18 Å². The molecule has 2 rings (SSSR count). The summed E-state index contributed by atoms with van der Waals surface area (Å²) in [5.41, 5.74) is 5.32. The second-order valence-corrected chi connectivity index (χ2v) is 3.58. The molecular formula is C13H10FNO3. The van der Waals surface area contributed by atoms with Crippen LogP contribution in [0.1, 0.15) is 0 Å². The molecule has 2 aromatic carbocycles. The number of hydrogen-bond acceptors (Lipinski definition) is 3. The van der Waals surface area contributed by atoms with Crippen molar-refractivity contribution in [1.29, 1.82) is 0 Å². The number of phenolic OH excluding ortho intramolecular Hbond substituents is 1. The minimum atomic E-state index is -0.982. The van der Waals surface area contributed by atoms with Crippen molar-refractivity contribution in [3.8, 4) is 22.6 Å². The monoisotopic (exact) mass is 247 g/mol. The average Bonchev–Trinajstić information content (AvgIpc) is 2.32. The zero-order valence-electron chi connectivity index (χ0n) is 9.26. The van der Waals surface area contributed by atoms with Gasteiger partial charge in [-0.15, -0.1) is 0 Å². The molecule has 0 bridgehead atoms. The summed E-state index contributed by atoms with van der Waals surface area (Å²) < 4.78 is 18.4. The highest BCUT2D eigenvalue weighted by molar-refractivity contribution is 5.73. The van der Waals surface area contributed by atoms with Crippen molar-refractivity contribution in [1.82, 2.24) is 0 Å². The number of primary amides is 1. The summed E-state index contributed by atoms with van der Waals surface area (Å²) in [5.74, 6) is -0.483. The number of ether oxygens (including phenoxy) is 1. The van der Waals surface area contributed by atoms with Crippen LogP contribution in [0.25, 0.3) is 11.1 Å². The van der Waals surface area contributed by atoms with E-state index in [1.165, 1.54) is 18.2 Å². The fourth-order valence-electron chi connectivity index (χ4n) is 1.59. The molecule has 0 saturated carbocycles. The van der Waals surface area contributed by atoms with E-state index in [0.29, 0.717) is 5.56 Å². The lowest BCUT2D eigenvalue weighted by Gasteiger charge is -2.08. The molecule has 2 aromatic rings. The largest absolute Gasteiger partial charge is 0.507 e. The maximum absolute atomic E-state index is 13.7. The van der Waals surface area contributed by atoms with Crippen molar-refractivity contribution in [3.63, 3.8) is 0 Å². The fraction of sp³-hybridized carbons (Fsp3) is 0. The topological polar surface area (TPSA) is 72.6 Å². The Morgan fingerprint density at radius 3 is 2.56 bits per heavy atom. The lowest BCUT2D eigenvalue weighted by atomic mass is 10.0. The number of benzene rings is 2. The standard InChI is InChI=1S/C13H10FNO3/c14-11-6-5-8(18-13(15)17)7-10(11)9-3-1-2-4-12(9)16/h1-7,16H,(H2,15,17). The number of carbonyl (C=O) groups is 1. The van der Waals surface area contributed by atoms with Crippen molar-refractivity contribution >= 4 is 6.09 Å². The molecule has 4 nitrogen and oxygen atoms in total. The lowest BCUT2D eigenvalue weighted by Crippen LogP contribution is -2.16. The third kappa shape index (κ3) is 2.40. The second-order valence-electron chi connectivity index (χ2n) is 3.58. The van der Waals surface area contributed by atoms with Gasteiger partial charge in [-0.05, 0) is 24.3 Å². The Balaban J connectivity index is 2.50. The number of para-hydroxylation sites is 1. The smallest absolute Gasteiger partial charge is 0.409 e. The van der Waals surface area contributed by atoms with Crippen molar-refractivity contribution in [2.45, 2.75) is 0 Å². The molecular weight excluding hydrogens is 237 g/mol. The molecule has 0 radical (unpaired) electrons. The van der Waals surface area contributed by atoms with Gasteiger partial charge in [0.15, 0.2) is 0 Å². The molecule has 0 aliphatic heterocycles. The molecule has 0 unspecified atom stereocenters. The van der Waals surface area contributed by atoms with Gasteiger partial charge in [0.1, 0.15) is 17.3 Å². The van der Waals surface area contributed by atoms with Crippen LogP contribution >= 0.6 is 0 Å². The van der Waals surface area contributed by atoms with E-state index in [4.69, 9.17) is 5.73 Å². The van der Waals surface area contributed by atoms with E-state index in [0.717, 1.165) is 6.07 Å². The molecule has 0 aliphatic rings. The first kappa shape index (κ1) is 11.9. The number of phenols is 1. The van der Waals surface area contributed by atoms with Crippen LogP contribution in [0.4, 0.5) is 9.18 Å². The zero-order chi connectivity index (χ0) is 13.1. The van der Waals surface area contributed by atoms with E-state index in [9.17, 15) is 14.3 Å². The second kappa shape index (κ2) is 4.75. The number of halogens is 1. The molecule has 5 heteroatoms. The van der Waals surface area contributed by atoms with Crippen LogP contribution in [-0.4, -0.2) is 11.2 Å². The van der Waals surface area contributed by atoms with E-state index in [-0.39, 0.29) is 17.1 Å². The minimum absolute atomic E-state index is 0.0624. The van der Waals surface area contributed by atoms with Gasteiger partial charge in [0, 0.05) is 11.1 Å². The Labute approximate surface area is 102 Å². The Morgan fingerprint density at radius 2 is 1.89 bits per heavy atom. The summed E-state index contributed by atoms with van der Waals surface area (Å²) in [5, 5.41) is 9.66. The summed E-state index contributed by atoms with van der Waals surface area (Å²) >= 11 is 0. The summed E-state index contributed by atoms with van der Waals surface area (Å²) in [7, 11) is 0. The summed E-state index contributed by atoms with van der Waals surface area (Å²) in [4.78, 5) is 10.6. The van der Waals surface area contributed by atoms with Crippen LogP contribution in [0.3, 0.4) is 0 Å². The highest BCUT2D eigenvalue weighted by Crippen LogP contribution is 2.32. The highest BCUT2D eigenvalue weighted by Gasteiger charge is 2.11. The number of carbonyl (C=O) groups excluding carboxylic acids is 1. The minimum Gasteiger partial charge on any atom is -0.507 e. The van der Waals surface area contributed by atoms with Crippen LogP contribution in [0.15, 0.2) is 42.5 Å². The number of nitrogens with two attached hydrogens (primary N) is 1. The molecule has 0 heterocycles. The van der Waals surface area contributed by atoms with Crippen molar-refractivity contribution in [2.75, 3.05) is 0 Å².